The third-order valence-electron chi connectivity index (χ3n) is 2.63. The summed E-state index contributed by atoms with van der Waals surface area (Å²) in [6, 6.07) is 6.41. The van der Waals surface area contributed by atoms with Crippen LogP contribution in [0.25, 0.3) is 0 Å². The van der Waals surface area contributed by atoms with Gasteiger partial charge in [0.1, 0.15) is 5.82 Å². The molecule has 5 heteroatoms. The summed E-state index contributed by atoms with van der Waals surface area (Å²) in [5.74, 6) is -0.302. The maximum atomic E-state index is 12.9. The molecule has 0 fully saturated rings. The van der Waals surface area contributed by atoms with Crippen molar-refractivity contribution in [1.82, 2.24) is 10.3 Å². The summed E-state index contributed by atoms with van der Waals surface area (Å²) < 4.78 is 12.9. The second-order valence-corrected chi connectivity index (χ2v) is 5.33. The van der Waals surface area contributed by atoms with Crippen LogP contribution in [0.5, 0.6) is 0 Å². The molecule has 0 aliphatic heterocycles. The van der Waals surface area contributed by atoms with Gasteiger partial charge in [0.15, 0.2) is 0 Å². The molecule has 19 heavy (non-hydrogen) atoms. The van der Waals surface area contributed by atoms with Crippen molar-refractivity contribution in [2.75, 3.05) is 6.54 Å². The van der Waals surface area contributed by atoms with Crippen LogP contribution in [0.15, 0.2) is 29.6 Å². The Kier molecular flexibility index (Phi) is 4.63. The van der Waals surface area contributed by atoms with E-state index in [-0.39, 0.29) is 11.7 Å². The third-order valence-corrected chi connectivity index (χ3v) is 3.46. The molecule has 0 spiro atoms. The Morgan fingerprint density at radius 1 is 1.47 bits per heavy atom. The molecule has 1 aromatic carbocycles. The minimum Gasteiger partial charge on any atom is -0.355 e. The first-order chi connectivity index (χ1) is 9.13. The average Bonchev–Trinajstić information content (AvgIpc) is 2.75. The number of benzene rings is 1. The normalized spacial score (nSPS) is 10.4. The van der Waals surface area contributed by atoms with Crippen molar-refractivity contribution in [2.24, 2.45) is 0 Å². The van der Waals surface area contributed by atoms with Crippen molar-refractivity contribution in [3.05, 3.63) is 51.7 Å². The van der Waals surface area contributed by atoms with E-state index in [9.17, 15) is 9.18 Å². The van der Waals surface area contributed by atoms with E-state index in [1.807, 2.05) is 18.4 Å². The Balaban J connectivity index is 1.75. The number of aryl methyl sites for hydroxylation is 1. The number of halogens is 1. The molecule has 0 saturated carbocycles. The van der Waals surface area contributed by atoms with Crippen molar-refractivity contribution in [3.8, 4) is 0 Å². The van der Waals surface area contributed by atoms with E-state index in [1.54, 1.807) is 6.07 Å². The molecule has 0 aliphatic carbocycles. The van der Waals surface area contributed by atoms with Crippen molar-refractivity contribution in [1.29, 1.82) is 0 Å². The number of hydrogen-bond acceptors (Lipinski definition) is 3. The maximum Gasteiger partial charge on any atom is 0.226 e. The average molecular weight is 278 g/mol. The number of nitrogens with one attached hydrogen (secondary N) is 1. The second-order valence-electron chi connectivity index (χ2n) is 4.26. The first-order valence-corrected chi connectivity index (χ1v) is 6.93. The molecule has 1 N–H and O–H groups in total. The number of amides is 1. The van der Waals surface area contributed by atoms with Crippen LogP contribution in [0, 0.1) is 12.7 Å². The Bertz CT molecular complexity index is 568. The highest BCUT2D eigenvalue weighted by molar-refractivity contribution is 7.09. The molecule has 2 rings (SSSR count). The smallest absolute Gasteiger partial charge is 0.226 e. The summed E-state index contributed by atoms with van der Waals surface area (Å²) in [4.78, 5) is 15.9. The highest BCUT2D eigenvalue weighted by Gasteiger charge is 2.05. The number of nitrogens with zero attached hydrogens (tertiary/aromatic N) is 1. The zero-order chi connectivity index (χ0) is 13.7. The van der Waals surface area contributed by atoms with Gasteiger partial charge in [-0.1, -0.05) is 12.1 Å². The van der Waals surface area contributed by atoms with Gasteiger partial charge >= 0.3 is 0 Å². The topological polar surface area (TPSA) is 42.0 Å². The predicted molar refractivity (Wildman–Crippen MR) is 73.7 cm³/mol. The highest BCUT2D eigenvalue weighted by atomic mass is 32.1. The van der Waals surface area contributed by atoms with Crippen molar-refractivity contribution >= 4 is 17.2 Å². The molecule has 0 bridgehead atoms. The highest BCUT2D eigenvalue weighted by Crippen LogP contribution is 2.08. The SMILES string of the molecule is Cc1nc(CC(=O)NCCc2cccc(F)c2)cs1. The van der Waals surface area contributed by atoms with E-state index in [0.29, 0.717) is 19.4 Å². The van der Waals surface area contributed by atoms with Gasteiger partial charge in [0.25, 0.3) is 0 Å². The Hall–Kier alpha value is -1.75. The molecule has 0 atom stereocenters. The number of rotatable bonds is 5. The summed E-state index contributed by atoms with van der Waals surface area (Å²) in [6.45, 7) is 2.42. The summed E-state index contributed by atoms with van der Waals surface area (Å²) in [5.41, 5.74) is 1.68. The monoisotopic (exact) mass is 278 g/mol. The molecule has 1 heterocycles. The van der Waals surface area contributed by atoms with Crippen LogP contribution in [-0.2, 0) is 17.6 Å². The minimum absolute atomic E-state index is 0.0540. The van der Waals surface area contributed by atoms with E-state index in [0.717, 1.165) is 16.3 Å². The van der Waals surface area contributed by atoms with Crippen LogP contribution in [0.2, 0.25) is 0 Å². The van der Waals surface area contributed by atoms with Gasteiger partial charge in [0, 0.05) is 11.9 Å². The molecule has 1 aromatic heterocycles. The Morgan fingerprint density at radius 2 is 2.32 bits per heavy atom. The molecule has 3 nitrogen and oxygen atoms in total. The molecule has 0 radical (unpaired) electrons. The summed E-state index contributed by atoms with van der Waals surface area (Å²) in [6.07, 6.45) is 0.924. The lowest BCUT2D eigenvalue weighted by atomic mass is 10.1. The number of carbonyl (C=O) groups is 1. The lowest BCUT2D eigenvalue weighted by molar-refractivity contribution is -0.120. The fourth-order valence-corrected chi connectivity index (χ4v) is 2.37. The number of carbonyl (C=O) groups excluding carboxylic acids is 1. The van der Waals surface area contributed by atoms with Gasteiger partial charge in [0.2, 0.25) is 5.91 Å². The van der Waals surface area contributed by atoms with Gasteiger partial charge in [-0.15, -0.1) is 11.3 Å². The third kappa shape index (κ3) is 4.44. The fraction of sp³-hybridized carbons (Fsp3) is 0.286. The minimum atomic E-state index is -0.248. The zero-order valence-electron chi connectivity index (χ0n) is 10.6. The first-order valence-electron chi connectivity index (χ1n) is 6.05. The predicted octanol–water partition coefficient (Wildman–Crippen LogP) is 2.49. The van der Waals surface area contributed by atoms with Crippen molar-refractivity contribution < 1.29 is 9.18 Å². The number of thiazole rings is 1. The zero-order valence-corrected chi connectivity index (χ0v) is 11.5. The van der Waals surface area contributed by atoms with E-state index in [1.165, 1.54) is 23.5 Å². The van der Waals surface area contributed by atoms with Crippen LogP contribution in [0.4, 0.5) is 4.39 Å². The molecule has 2 aromatic rings. The quantitative estimate of drug-likeness (QED) is 0.913. The van der Waals surface area contributed by atoms with Crippen LogP contribution in [0.3, 0.4) is 0 Å². The van der Waals surface area contributed by atoms with Crippen LogP contribution in [0.1, 0.15) is 16.3 Å². The maximum absolute atomic E-state index is 12.9. The lowest BCUT2D eigenvalue weighted by Crippen LogP contribution is -2.27. The summed E-state index contributed by atoms with van der Waals surface area (Å²) >= 11 is 1.54. The van der Waals surface area contributed by atoms with Gasteiger partial charge in [-0.25, -0.2) is 9.37 Å². The number of hydrogen-bond donors (Lipinski definition) is 1. The molecule has 0 aliphatic rings. The summed E-state index contributed by atoms with van der Waals surface area (Å²) in [7, 11) is 0. The van der Waals surface area contributed by atoms with Crippen LogP contribution < -0.4 is 5.32 Å². The van der Waals surface area contributed by atoms with Gasteiger partial charge in [0.05, 0.1) is 17.1 Å². The molecule has 1 amide bonds. The van der Waals surface area contributed by atoms with Crippen LogP contribution in [-0.4, -0.2) is 17.4 Å². The van der Waals surface area contributed by atoms with Crippen molar-refractivity contribution in [3.63, 3.8) is 0 Å². The standard InChI is InChI=1S/C14H15FN2OS/c1-10-17-13(9-19-10)8-14(18)16-6-5-11-3-2-4-12(15)7-11/h2-4,7,9H,5-6,8H2,1H3,(H,16,18). The van der Waals surface area contributed by atoms with Gasteiger partial charge in [-0.05, 0) is 31.0 Å². The molecule has 0 unspecified atom stereocenters. The molecular formula is C14H15FN2OS. The Labute approximate surface area is 115 Å². The van der Waals surface area contributed by atoms with Gasteiger partial charge in [-0.3, -0.25) is 4.79 Å². The van der Waals surface area contributed by atoms with E-state index in [4.69, 9.17) is 0 Å². The van der Waals surface area contributed by atoms with Gasteiger partial charge < -0.3 is 5.32 Å². The molecule has 100 valence electrons. The lowest BCUT2D eigenvalue weighted by Gasteiger charge is -2.04. The molecule has 0 saturated heterocycles. The largest absolute Gasteiger partial charge is 0.355 e. The first kappa shape index (κ1) is 13.7. The fourth-order valence-electron chi connectivity index (χ4n) is 1.76. The second kappa shape index (κ2) is 6.43. The molecular weight excluding hydrogens is 263 g/mol. The van der Waals surface area contributed by atoms with Gasteiger partial charge in [-0.2, -0.15) is 0 Å². The van der Waals surface area contributed by atoms with E-state index < -0.39 is 0 Å². The van der Waals surface area contributed by atoms with Crippen LogP contribution >= 0.6 is 11.3 Å². The van der Waals surface area contributed by atoms with E-state index >= 15 is 0 Å². The summed E-state index contributed by atoms with van der Waals surface area (Å²) in [5, 5.41) is 5.66. The van der Waals surface area contributed by atoms with E-state index in [2.05, 4.69) is 10.3 Å². The number of aromatic nitrogens is 1. The van der Waals surface area contributed by atoms with Crippen molar-refractivity contribution in [2.45, 2.75) is 19.8 Å². The Morgan fingerprint density at radius 3 is 3.00 bits per heavy atom.